The highest BCUT2D eigenvalue weighted by Gasteiger charge is 2.24. The predicted octanol–water partition coefficient (Wildman–Crippen LogP) is 1.66. The number of hydrogen-bond acceptors (Lipinski definition) is 2. The number of piperidine rings is 1. The summed E-state index contributed by atoms with van der Waals surface area (Å²) >= 11 is 0. The molecule has 15 heavy (non-hydrogen) atoms. The third-order valence-corrected chi connectivity index (χ3v) is 3.31. The Balaban J connectivity index is 2.13. The summed E-state index contributed by atoms with van der Waals surface area (Å²) in [4.78, 5) is 3.41. The fraction of sp³-hybridized carbons (Fsp3) is 0.667. The van der Waals surface area contributed by atoms with Crippen LogP contribution in [0.1, 0.15) is 35.8 Å². The van der Waals surface area contributed by atoms with Crippen molar-refractivity contribution in [2.45, 2.75) is 32.7 Å². The number of aliphatic hydroxyl groups excluding tert-OH is 1. The molecule has 1 saturated heterocycles. The first-order valence-corrected chi connectivity index (χ1v) is 5.71. The molecule has 1 aliphatic heterocycles. The molecule has 3 heteroatoms. The Morgan fingerprint density at radius 3 is 2.87 bits per heavy atom. The van der Waals surface area contributed by atoms with Gasteiger partial charge in [0, 0.05) is 24.0 Å². The van der Waals surface area contributed by atoms with Gasteiger partial charge in [0.25, 0.3) is 0 Å². The second kappa shape index (κ2) is 4.37. The van der Waals surface area contributed by atoms with E-state index in [1.54, 1.807) is 0 Å². The number of H-pyrrole nitrogens is 1. The standard InChI is InChI=1S/C12H20N2O/c1-8-5-9(2)14-12(8)11-6-10(7-15)3-4-13-11/h5,10-11,13-15H,3-4,6-7H2,1-2H3. The summed E-state index contributed by atoms with van der Waals surface area (Å²) in [7, 11) is 0. The third-order valence-electron chi connectivity index (χ3n) is 3.31. The molecular formula is C12H20N2O. The lowest BCUT2D eigenvalue weighted by Gasteiger charge is -2.29. The van der Waals surface area contributed by atoms with Crippen molar-refractivity contribution < 1.29 is 5.11 Å². The van der Waals surface area contributed by atoms with Crippen LogP contribution in [-0.2, 0) is 0 Å². The molecule has 0 saturated carbocycles. The van der Waals surface area contributed by atoms with Crippen molar-refractivity contribution in [3.63, 3.8) is 0 Å². The number of aromatic nitrogens is 1. The van der Waals surface area contributed by atoms with Gasteiger partial charge in [-0.1, -0.05) is 0 Å². The van der Waals surface area contributed by atoms with Crippen molar-refractivity contribution >= 4 is 0 Å². The van der Waals surface area contributed by atoms with E-state index in [0.717, 1.165) is 19.4 Å². The van der Waals surface area contributed by atoms with Gasteiger partial charge in [-0.3, -0.25) is 0 Å². The van der Waals surface area contributed by atoms with E-state index in [0.29, 0.717) is 18.6 Å². The van der Waals surface area contributed by atoms with Gasteiger partial charge >= 0.3 is 0 Å². The van der Waals surface area contributed by atoms with Crippen molar-refractivity contribution in [3.8, 4) is 0 Å². The maximum atomic E-state index is 9.19. The molecule has 1 aromatic rings. The lowest BCUT2D eigenvalue weighted by atomic mass is 9.91. The molecule has 2 unspecified atom stereocenters. The first-order chi connectivity index (χ1) is 7.20. The first kappa shape index (κ1) is 10.7. The molecule has 1 aliphatic rings. The summed E-state index contributed by atoms with van der Waals surface area (Å²) < 4.78 is 0. The maximum Gasteiger partial charge on any atom is 0.0479 e. The zero-order valence-electron chi connectivity index (χ0n) is 9.51. The van der Waals surface area contributed by atoms with Gasteiger partial charge in [0.15, 0.2) is 0 Å². The second-order valence-corrected chi connectivity index (χ2v) is 4.63. The van der Waals surface area contributed by atoms with Gasteiger partial charge in [-0.2, -0.15) is 0 Å². The zero-order valence-corrected chi connectivity index (χ0v) is 9.51. The summed E-state index contributed by atoms with van der Waals surface area (Å²) in [5, 5.41) is 12.7. The molecule has 2 atom stereocenters. The van der Waals surface area contributed by atoms with E-state index in [1.807, 2.05) is 0 Å². The van der Waals surface area contributed by atoms with Gasteiger partial charge < -0.3 is 15.4 Å². The fourth-order valence-corrected chi connectivity index (χ4v) is 2.49. The largest absolute Gasteiger partial charge is 0.396 e. The minimum absolute atomic E-state index is 0.316. The molecule has 0 aliphatic carbocycles. The molecule has 2 heterocycles. The van der Waals surface area contributed by atoms with Crippen LogP contribution in [0.2, 0.25) is 0 Å². The van der Waals surface area contributed by atoms with Gasteiger partial charge in [-0.25, -0.2) is 0 Å². The average molecular weight is 208 g/mol. The van der Waals surface area contributed by atoms with E-state index in [2.05, 4.69) is 30.2 Å². The summed E-state index contributed by atoms with van der Waals surface area (Å²) in [5.74, 6) is 0.458. The molecule has 0 aromatic carbocycles. The van der Waals surface area contributed by atoms with Crippen LogP contribution in [-0.4, -0.2) is 23.2 Å². The smallest absolute Gasteiger partial charge is 0.0479 e. The van der Waals surface area contributed by atoms with Crippen molar-refractivity contribution in [2.24, 2.45) is 5.92 Å². The van der Waals surface area contributed by atoms with Crippen molar-refractivity contribution in [1.82, 2.24) is 10.3 Å². The van der Waals surface area contributed by atoms with Crippen molar-refractivity contribution in [1.29, 1.82) is 0 Å². The molecule has 3 nitrogen and oxygen atoms in total. The number of aryl methyl sites for hydroxylation is 2. The molecule has 0 radical (unpaired) electrons. The van der Waals surface area contributed by atoms with E-state index in [-0.39, 0.29) is 0 Å². The monoisotopic (exact) mass is 208 g/mol. The van der Waals surface area contributed by atoms with E-state index in [9.17, 15) is 5.11 Å². The molecular weight excluding hydrogens is 188 g/mol. The van der Waals surface area contributed by atoms with E-state index < -0.39 is 0 Å². The normalized spacial score (nSPS) is 26.9. The second-order valence-electron chi connectivity index (χ2n) is 4.63. The predicted molar refractivity (Wildman–Crippen MR) is 60.8 cm³/mol. The van der Waals surface area contributed by atoms with Crippen LogP contribution in [0.4, 0.5) is 0 Å². The Kier molecular flexibility index (Phi) is 3.12. The molecule has 1 fully saturated rings. The van der Waals surface area contributed by atoms with Crippen LogP contribution in [0.3, 0.4) is 0 Å². The van der Waals surface area contributed by atoms with Gasteiger partial charge in [-0.15, -0.1) is 0 Å². The topological polar surface area (TPSA) is 48.0 Å². The highest BCUT2D eigenvalue weighted by Crippen LogP contribution is 2.28. The van der Waals surface area contributed by atoms with Crippen molar-refractivity contribution in [2.75, 3.05) is 13.2 Å². The quantitative estimate of drug-likeness (QED) is 0.692. The summed E-state index contributed by atoms with van der Waals surface area (Å²) in [5.41, 5.74) is 3.84. The van der Waals surface area contributed by atoms with Crippen molar-refractivity contribution in [3.05, 3.63) is 23.0 Å². The number of aliphatic hydroxyl groups is 1. The Morgan fingerprint density at radius 2 is 2.27 bits per heavy atom. The number of aromatic amines is 1. The molecule has 1 aromatic heterocycles. The average Bonchev–Trinajstić information content (AvgIpc) is 2.58. The van der Waals surface area contributed by atoms with Crippen LogP contribution >= 0.6 is 0 Å². The SMILES string of the molecule is Cc1cc(C)c(C2CC(CO)CCN2)[nH]1. The molecule has 2 rings (SSSR count). The van der Waals surface area contributed by atoms with Crippen LogP contribution < -0.4 is 5.32 Å². The molecule has 0 amide bonds. The lowest BCUT2D eigenvalue weighted by Crippen LogP contribution is -2.33. The first-order valence-electron chi connectivity index (χ1n) is 5.71. The van der Waals surface area contributed by atoms with Gasteiger partial charge in [0.1, 0.15) is 0 Å². The maximum absolute atomic E-state index is 9.19. The van der Waals surface area contributed by atoms with E-state index in [1.165, 1.54) is 17.0 Å². The van der Waals surface area contributed by atoms with Gasteiger partial charge in [0.2, 0.25) is 0 Å². The number of hydrogen-bond donors (Lipinski definition) is 3. The van der Waals surface area contributed by atoms with Crippen LogP contribution in [0.5, 0.6) is 0 Å². The lowest BCUT2D eigenvalue weighted by molar-refractivity contribution is 0.175. The molecule has 0 bridgehead atoms. The Labute approximate surface area is 90.9 Å². The number of nitrogens with one attached hydrogen (secondary N) is 2. The van der Waals surface area contributed by atoms with Crippen LogP contribution in [0.25, 0.3) is 0 Å². The minimum Gasteiger partial charge on any atom is -0.396 e. The van der Waals surface area contributed by atoms with E-state index in [4.69, 9.17) is 0 Å². The molecule has 3 N–H and O–H groups in total. The highest BCUT2D eigenvalue weighted by atomic mass is 16.3. The van der Waals surface area contributed by atoms with Crippen LogP contribution in [0, 0.1) is 19.8 Å². The zero-order chi connectivity index (χ0) is 10.8. The Hall–Kier alpha value is -0.800. The van der Waals surface area contributed by atoms with Gasteiger partial charge in [0.05, 0.1) is 0 Å². The summed E-state index contributed by atoms with van der Waals surface area (Å²) in [6.07, 6.45) is 2.13. The summed E-state index contributed by atoms with van der Waals surface area (Å²) in [6.45, 7) is 5.55. The summed E-state index contributed by atoms with van der Waals surface area (Å²) in [6, 6.07) is 2.57. The molecule has 0 spiro atoms. The fourth-order valence-electron chi connectivity index (χ4n) is 2.49. The molecule has 84 valence electrons. The third kappa shape index (κ3) is 2.24. The minimum atomic E-state index is 0.316. The Bertz CT molecular complexity index is 332. The van der Waals surface area contributed by atoms with Gasteiger partial charge in [-0.05, 0) is 50.8 Å². The number of rotatable bonds is 2. The highest BCUT2D eigenvalue weighted by molar-refractivity contribution is 5.26. The Morgan fingerprint density at radius 1 is 1.47 bits per heavy atom. The van der Waals surface area contributed by atoms with E-state index >= 15 is 0 Å². The van der Waals surface area contributed by atoms with Crippen LogP contribution in [0.15, 0.2) is 6.07 Å².